The molecule has 104 valence electrons. The summed E-state index contributed by atoms with van der Waals surface area (Å²) < 4.78 is 5.66. The third-order valence-electron chi connectivity index (χ3n) is 3.58. The molecule has 0 saturated carbocycles. The molecule has 1 saturated heterocycles. The Morgan fingerprint density at radius 2 is 2.00 bits per heavy atom. The predicted molar refractivity (Wildman–Crippen MR) is 76.5 cm³/mol. The highest BCUT2D eigenvalue weighted by molar-refractivity contribution is 6.32. The number of ether oxygens (including phenoxy) is 1. The second-order valence-electron chi connectivity index (χ2n) is 5.20. The van der Waals surface area contributed by atoms with Crippen LogP contribution in [0.15, 0.2) is 24.3 Å². The van der Waals surface area contributed by atoms with E-state index in [2.05, 4.69) is 6.92 Å². The molecule has 1 aliphatic heterocycles. The van der Waals surface area contributed by atoms with Crippen LogP contribution in [0.5, 0.6) is 5.75 Å². The monoisotopic (exact) mass is 281 g/mol. The van der Waals surface area contributed by atoms with E-state index < -0.39 is 6.10 Å². The number of rotatable bonds is 3. The molecule has 0 aromatic heterocycles. The Balaban J connectivity index is 1.94. The molecule has 0 aliphatic carbocycles. The van der Waals surface area contributed by atoms with Gasteiger partial charge in [0, 0.05) is 13.1 Å². The summed E-state index contributed by atoms with van der Waals surface area (Å²) in [5.74, 6) is 1.33. The molecule has 0 unspecified atom stereocenters. The maximum atomic E-state index is 12.3. The highest BCUT2D eigenvalue weighted by Gasteiger charge is 2.25. The minimum Gasteiger partial charge on any atom is -0.479 e. The largest absolute Gasteiger partial charge is 0.479 e. The molecular formula is C15H20ClNO2. The molecule has 0 spiro atoms. The van der Waals surface area contributed by atoms with E-state index in [0.29, 0.717) is 16.7 Å². The van der Waals surface area contributed by atoms with Gasteiger partial charge >= 0.3 is 0 Å². The molecular weight excluding hydrogens is 262 g/mol. The summed E-state index contributed by atoms with van der Waals surface area (Å²) in [4.78, 5) is 14.2. The number of hydrogen-bond acceptors (Lipinski definition) is 2. The first-order chi connectivity index (χ1) is 9.08. The number of piperidine rings is 1. The van der Waals surface area contributed by atoms with Crippen molar-refractivity contribution in [2.24, 2.45) is 5.92 Å². The van der Waals surface area contributed by atoms with Crippen LogP contribution in [0.1, 0.15) is 26.7 Å². The van der Waals surface area contributed by atoms with Gasteiger partial charge in [0.25, 0.3) is 5.91 Å². The summed E-state index contributed by atoms with van der Waals surface area (Å²) in [6.07, 6.45) is 1.66. The van der Waals surface area contributed by atoms with Crippen LogP contribution in [0.25, 0.3) is 0 Å². The first-order valence-electron chi connectivity index (χ1n) is 6.78. The highest BCUT2D eigenvalue weighted by Crippen LogP contribution is 2.25. The van der Waals surface area contributed by atoms with E-state index in [-0.39, 0.29) is 5.91 Å². The van der Waals surface area contributed by atoms with Gasteiger partial charge in [0.2, 0.25) is 0 Å². The molecule has 1 atom stereocenters. The zero-order chi connectivity index (χ0) is 13.8. The van der Waals surface area contributed by atoms with E-state index in [1.54, 1.807) is 19.1 Å². The standard InChI is InChI=1S/C15H20ClNO2/c1-11-7-9-17(10-8-11)15(18)12(2)19-14-6-4-3-5-13(14)16/h3-6,11-12H,7-10H2,1-2H3/t12-/m1/s1. The number of nitrogens with zero attached hydrogens (tertiary/aromatic N) is 1. The van der Waals surface area contributed by atoms with Gasteiger partial charge in [-0.15, -0.1) is 0 Å². The molecule has 19 heavy (non-hydrogen) atoms. The Morgan fingerprint density at radius 1 is 1.37 bits per heavy atom. The average molecular weight is 282 g/mol. The van der Waals surface area contributed by atoms with Crippen LogP contribution in [0.4, 0.5) is 0 Å². The van der Waals surface area contributed by atoms with Crippen molar-refractivity contribution in [3.05, 3.63) is 29.3 Å². The van der Waals surface area contributed by atoms with Gasteiger partial charge in [-0.2, -0.15) is 0 Å². The number of hydrogen-bond donors (Lipinski definition) is 0. The zero-order valence-corrected chi connectivity index (χ0v) is 12.2. The normalized spacial score (nSPS) is 18.2. The SMILES string of the molecule is CC1CCN(C(=O)[C@@H](C)Oc2ccccc2Cl)CC1. The molecule has 1 fully saturated rings. The van der Waals surface area contributed by atoms with Crippen LogP contribution >= 0.6 is 11.6 Å². The fourth-order valence-corrected chi connectivity index (χ4v) is 2.45. The predicted octanol–water partition coefficient (Wildman–Crippen LogP) is 3.37. The number of carbonyl (C=O) groups excluding carboxylic acids is 1. The second-order valence-corrected chi connectivity index (χ2v) is 5.61. The molecule has 4 heteroatoms. The minimum absolute atomic E-state index is 0.0480. The maximum Gasteiger partial charge on any atom is 0.263 e. The molecule has 0 radical (unpaired) electrons. The van der Waals surface area contributed by atoms with Crippen molar-refractivity contribution in [3.8, 4) is 5.75 Å². The third kappa shape index (κ3) is 3.63. The number of para-hydroxylation sites is 1. The maximum absolute atomic E-state index is 12.3. The van der Waals surface area contributed by atoms with E-state index >= 15 is 0 Å². The Morgan fingerprint density at radius 3 is 2.63 bits per heavy atom. The summed E-state index contributed by atoms with van der Waals surface area (Å²) in [5.41, 5.74) is 0. The number of likely N-dealkylation sites (tertiary alicyclic amines) is 1. The average Bonchev–Trinajstić information content (AvgIpc) is 2.41. The summed E-state index contributed by atoms with van der Waals surface area (Å²) in [5, 5.41) is 0.536. The van der Waals surface area contributed by atoms with Gasteiger partial charge in [-0.25, -0.2) is 0 Å². The van der Waals surface area contributed by atoms with Crippen LogP contribution < -0.4 is 4.74 Å². The lowest BCUT2D eigenvalue weighted by Crippen LogP contribution is -2.44. The van der Waals surface area contributed by atoms with E-state index in [0.717, 1.165) is 25.9 Å². The quantitative estimate of drug-likeness (QED) is 0.850. The van der Waals surface area contributed by atoms with E-state index in [4.69, 9.17) is 16.3 Å². The molecule has 0 N–H and O–H groups in total. The molecule has 1 aromatic carbocycles. The number of halogens is 1. The molecule has 0 bridgehead atoms. The third-order valence-corrected chi connectivity index (χ3v) is 3.90. The van der Waals surface area contributed by atoms with Crippen LogP contribution in [-0.2, 0) is 4.79 Å². The molecule has 3 nitrogen and oxygen atoms in total. The molecule has 2 rings (SSSR count). The first kappa shape index (κ1) is 14.2. The number of amides is 1. The fourth-order valence-electron chi connectivity index (χ4n) is 2.27. The summed E-state index contributed by atoms with van der Waals surface area (Å²) >= 11 is 6.03. The van der Waals surface area contributed by atoms with Crippen molar-refractivity contribution in [1.29, 1.82) is 0 Å². The lowest BCUT2D eigenvalue weighted by Gasteiger charge is -2.32. The van der Waals surface area contributed by atoms with Crippen molar-refractivity contribution in [1.82, 2.24) is 4.90 Å². The Labute approximate surface area is 119 Å². The summed E-state index contributed by atoms with van der Waals surface area (Å²) in [6.45, 7) is 5.67. The zero-order valence-electron chi connectivity index (χ0n) is 11.4. The van der Waals surface area contributed by atoms with E-state index in [1.807, 2.05) is 17.0 Å². The van der Waals surface area contributed by atoms with Crippen molar-refractivity contribution >= 4 is 17.5 Å². The topological polar surface area (TPSA) is 29.5 Å². The van der Waals surface area contributed by atoms with Crippen molar-refractivity contribution < 1.29 is 9.53 Å². The van der Waals surface area contributed by atoms with Crippen molar-refractivity contribution in [3.63, 3.8) is 0 Å². The van der Waals surface area contributed by atoms with Gasteiger partial charge in [-0.1, -0.05) is 30.7 Å². The van der Waals surface area contributed by atoms with Crippen LogP contribution in [0.2, 0.25) is 5.02 Å². The lowest BCUT2D eigenvalue weighted by atomic mass is 9.99. The van der Waals surface area contributed by atoms with Crippen molar-refractivity contribution in [2.45, 2.75) is 32.8 Å². The van der Waals surface area contributed by atoms with E-state index in [9.17, 15) is 4.79 Å². The fraction of sp³-hybridized carbons (Fsp3) is 0.533. The minimum atomic E-state index is -0.492. The smallest absolute Gasteiger partial charge is 0.263 e. The lowest BCUT2D eigenvalue weighted by molar-refractivity contribution is -0.139. The summed E-state index contributed by atoms with van der Waals surface area (Å²) in [6, 6.07) is 7.23. The molecule has 1 amide bonds. The van der Waals surface area contributed by atoms with Gasteiger partial charge in [-0.05, 0) is 37.8 Å². The summed E-state index contributed by atoms with van der Waals surface area (Å²) in [7, 11) is 0. The number of carbonyl (C=O) groups is 1. The van der Waals surface area contributed by atoms with Gasteiger partial charge in [0.15, 0.2) is 6.10 Å². The highest BCUT2D eigenvalue weighted by atomic mass is 35.5. The number of benzene rings is 1. The van der Waals surface area contributed by atoms with Gasteiger partial charge < -0.3 is 9.64 Å². The van der Waals surface area contributed by atoms with Crippen LogP contribution in [0, 0.1) is 5.92 Å². The Hall–Kier alpha value is -1.22. The second kappa shape index (κ2) is 6.29. The van der Waals surface area contributed by atoms with Gasteiger partial charge in [0.1, 0.15) is 5.75 Å². The van der Waals surface area contributed by atoms with Gasteiger partial charge in [-0.3, -0.25) is 4.79 Å². The van der Waals surface area contributed by atoms with E-state index in [1.165, 1.54) is 0 Å². The molecule has 1 heterocycles. The van der Waals surface area contributed by atoms with Crippen LogP contribution in [0.3, 0.4) is 0 Å². The molecule has 1 aromatic rings. The van der Waals surface area contributed by atoms with Crippen LogP contribution in [-0.4, -0.2) is 30.0 Å². The molecule has 1 aliphatic rings. The first-order valence-corrected chi connectivity index (χ1v) is 7.15. The Kier molecular flexibility index (Phi) is 4.70. The van der Waals surface area contributed by atoms with Crippen molar-refractivity contribution in [2.75, 3.05) is 13.1 Å². The van der Waals surface area contributed by atoms with Gasteiger partial charge in [0.05, 0.1) is 5.02 Å². The Bertz CT molecular complexity index is 442.